The van der Waals surface area contributed by atoms with E-state index >= 15 is 0 Å². The van der Waals surface area contributed by atoms with Crippen LogP contribution in [0.15, 0.2) is 6.20 Å². The van der Waals surface area contributed by atoms with Gasteiger partial charge in [-0.25, -0.2) is 0 Å². The van der Waals surface area contributed by atoms with E-state index in [4.69, 9.17) is 5.10 Å². The van der Waals surface area contributed by atoms with Gasteiger partial charge in [-0.15, -0.1) is 0 Å². The third-order valence-corrected chi connectivity index (χ3v) is 4.87. The number of aromatic nitrogens is 2. The number of rotatable bonds is 3. The van der Waals surface area contributed by atoms with Crippen molar-refractivity contribution in [3.63, 3.8) is 0 Å². The van der Waals surface area contributed by atoms with Gasteiger partial charge in [0.2, 0.25) is 0 Å². The van der Waals surface area contributed by atoms with Crippen LogP contribution in [0.3, 0.4) is 0 Å². The number of nitrogens with zero attached hydrogens (tertiary/aromatic N) is 2. The minimum atomic E-state index is 0.255. The van der Waals surface area contributed by atoms with Gasteiger partial charge in [0.05, 0.1) is 11.7 Å². The fourth-order valence-corrected chi connectivity index (χ4v) is 3.26. The Labute approximate surface area is 112 Å². The van der Waals surface area contributed by atoms with Gasteiger partial charge in [-0.3, -0.25) is 4.68 Å². The van der Waals surface area contributed by atoms with E-state index in [2.05, 4.69) is 45.5 Å². The second-order valence-corrected chi connectivity index (χ2v) is 6.71. The van der Waals surface area contributed by atoms with Gasteiger partial charge in [-0.05, 0) is 38.2 Å². The van der Waals surface area contributed by atoms with Crippen molar-refractivity contribution in [3.8, 4) is 0 Å². The van der Waals surface area contributed by atoms with E-state index in [0.717, 1.165) is 0 Å². The normalized spacial score (nSPS) is 21.2. The van der Waals surface area contributed by atoms with E-state index in [1.54, 1.807) is 0 Å². The van der Waals surface area contributed by atoms with E-state index in [-0.39, 0.29) is 5.54 Å². The largest absolute Gasteiger partial charge is 0.263 e. The molecule has 1 aromatic heterocycles. The van der Waals surface area contributed by atoms with Crippen molar-refractivity contribution in [2.75, 3.05) is 0 Å². The summed E-state index contributed by atoms with van der Waals surface area (Å²) in [7, 11) is 0. The van der Waals surface area contributed by atoms with E-state index in [0.29, 0.717) is 11.8 Å². The molecule has 1 atom stereocenters. The molecule has 0 N–H and O–H groups in total. The number of hydrogen-bond donors (Lipinski definition) is 0. The monoisotopic (exact) mass is 248 g/mol. The van der Waals surface area contributed by atoms with Crippen LogP contribution < -0.4 is 0 Å². The van der Waals surface area contributed by atoms with Crippen molar-refractivity contribution in [2.45, 2.75) is 78.2 Å². The second-order valence-electron chi connectivity index (χ2n) is 6.71. The molecule has 0 aliphatic heterocycles. The standard InChI is InChI=1S/C16H28N2/c1-12(2)14(4)15-13(3)11-17-18(15)16(5)9-7-6-8-10-16/h11-12,14H,6-10H2,1-5H3. The van der Waals surface area contributed by atoms with Gasteiger partial charge < -0.3 is 0 Å². The lowest BCUT2D eigenvalue weighted by Crippen LogP contribution is -2.35. The van der Waals surface area contributed by atoms with Gasteiger partial charge in [-0.1, -0.05) is 40.0 Å². The molecule has 1 unspecified atom stereocenters. The molecular formula is C16H28N2. The van der Waals surface area contributed by atoms with E-state index < -0.39 is 0 Å². The average molecular weight is 248 g/mol. The zero-order chi connectivity index (χ0) is 13.3. The lowest BCUT2D eigenvalue weighted by Gasteiger charge is -2.37. The first kappa shape index (κ1) is 13.6. The number of aryl methyl sites for hydroxylation is 1. The van der Waals surface area contributed by atoms with Gasteiger partial charge in [0.15, 0.2) is 0 Å². The second kappa shape index (κ2) is 5.07. The minimum absolute atomic E-state index is 0.255. The lowest BCUT2D eigenvalue weighted by molar-refractivity contribution is 0.188. The zero-order valence-electron chi connectivity index (χ0n) is 12.7. The summed E-state index contributed by atoms with van der Waals surface area (Å²) < 4.78 is 2.37. The van der Waals surface area contributed by atoms with Crippen LogP contribution in [0, 0.1) is 12.8 Å². The summed E-state index contributed by atoms with van der Waals surface area (Å²) >= 11 is 0. The van der Waals surface area contributed by atoms with Crippen molar-refractivity contribution in [1.29, 1.82) is 0 Å². The Morgan fingerprint density at radius 1 is 1.17 bits per heavy atom. The predicted octanol–water partition coefficient (Wildman–Crippen LogP) is 4.63. The Bertz CT molecular complexity index is 397. The van der Waals surface area contributed by atoms with Crippen molar-refractivity contribution < 1.29 is 0 Å². The highest BCUT2D eigenvalue weighted by Crippen LogP contribution is 2.38. The summed E-state index contributed by atoms with van der Waals surface area (Å²) in [4.78, 5) is 0. The molecule has 0 spiro atoms. The fraction of sp³-hybridized carbons (Fsp3) is 0.812. The summed E-state index contributed by atoms with van der Waals surface area (Å²) in [5, 5.41) is 4.73. The first-order chi connectivity index (χ1) is 8.46. The highest BCUT2D eigenvalue weighted by Gasteiger charge is 2.33. The molecule has 18 heavy (non-hydrogen) atoms. The molecule has 1 saturated carbocycles. The molecule has 1 aromatic rings. The van der Waals surface area contributed by atoms with Crippen LogP contribution in [0.4, 0.5) is 0 Å². The average Bonchev–Trinajstić information content (AvgIpc) is 2.71. The smallest absolute Gasteiger partial charge is 0.0603 e. The molecule has 0 saturated heterocycles. The van der Waals surface area contributed by atoms with Gasteiger partial charge >= 0.3 is 0 Å². The Kier molecular flexibility index (Phi) is 3.84. The molecule has 1 fully saturated rings. The van der Waals surface area contributed by atoms with Crippen LogP contribution in [-0.4, -0.2) is 9.78 Å². The van der Waals surface area contributed by atoms with E-state index in [1.165, 1.54) is 43.4 Å². The van der Waals surface area contributed by atoms with Crippen LogP contribution in [0.25, 0.3) is 0 Å². The maximum absolute atomic E-state index is 4.73. The molecule has 1 aliphatic carbocycles. The Morgan fingerprint density at radius 3 is 2.33 bits per heavy atom. The minimum Gasteiger partial charge on any atom is -0.263 e. The molecule has 0 radical (unpaired) electrons. The Hall–Kier alpha value is -0.790. The van der Waals surface area contributed by atoms with Crippen LogP contribution in [-0.2, 0) is 5.54 Å². The maximum Gasteiger partial charge on any atom is 0.0603 e. The SMILES string of the molecule is Cc1cnn(C2(C)CCCCC2)c1C(C)C(C)C. The Morgan fingerprint density at radius 2 is 1.78 bits per heavy atom. The molecule has 2 rings (SSSR count). The van der Waals surface area contributed by atoms with Crippen molar-refractivity contribution >= 4 is 0 Å². The van der Waals surface area contributed by atoms with Crippen molar-refractivity contribution in [1.82, 2.24) is 9.78 Å². The van der Waals surface area contributed by atoms with Gasteiger partial charge in [0.25, 0.3) is 0 Å². The zero-order valence-corrected chi connectivity index (χ0v) is 12.7. The number of hydrogen-bond acceptors (Lipinski definition) is 1. The quantitative estimate of drug-likeness (QED) is 0.762. The summed E-state index contributed by atoms with van der Waals surface area (Å²) in [6.07, 6.45) is 8.73. The Balaban J connectivity index is 2.39. The summed E-state index contributed by atoms with van der Waals surface area (Å²) in [5.74, 6) is 1.26. The molecule has 0 bridgehead atoms. The topological polar surface area (TPSA) is 17.8 Å². The molecule has 1 aliphatic rings. The third kappa shape index (κ3) is 2.34. The van der Waals surface area contributed by atoms with E-state index in [9.17, 15) is 0 Å². The van der Waals surface area contributed by atoms with Gasteiger partial charge in [0.1, 0.15) is 0 Å². The third-order valence-electron chi connectivity index (χ3n) is 4.87. The van der Waals surface area contributed by atoms with Crippen molar-refractivity contribution in [2.24, 2.45) is 5.92 Å². The summed E-state index contributed by atoms with van der Waals surface area (Å²) in [6, 6.07) is 0. The molecule has 0 aromatic carbocycles. The van der Waals surface area contributed by atoms with Crippen LogP contribution in [0.5, 0.6) is 0 Å². The molecule has 2 nitrogen and oxygen atoms in total. The van der Waals surface area contributed by atoms with Gasteiger partial charge in [-0.2, -0.15) is 5.10 Å². The van der Waals surface area contributed by atoms with Crippen LogP contribution >= 0.6 is 0 Å². The lowest BCUT2D eigenvalue weighted by atomic mass is 9.82. The van der Waals surface area contributed by atoms with Crippen molar-refractivity contribution in [3.05, 3.63) is 17.5 Å². The highest BCUT2D eigenvalue weighted by molar-refractivity contribution is 5.22. The first-order valence-electron chi connectivity index (χ1n) is 7.51. The molecule has 2 heteroatoms. The van der Waals surface area contributed by atoms with E-state index in [1.807, 2.05) is 0 Å². The molecular weight excluding hydrogens is 220 g/mol. The fourth-order valence-electron chi connectivity index (χ4n) is 3.26. The van der Waals surface area contributed by atoms with Crippen LogP contribution in [0.2, 0.25) is 0 Å². The first-order valence-corrected chi connectivity index (χ1v) is 7.51. The predicted molar refractivity (Wildman–Crippen MR) is 77.0 cm³/mol. The highest BCUT2D eigenvalue weighted by atomic mass is 15.3. The summed E-state index contributed by atoms with van der Waals surface area (Å²) in [6.45, 7) is 11.6. The van der Waals surface area contributed by atoms with Gasteiger partial charge in [0, 0.05) is 11.6 Å². The summed E-state index contributed by atoms with van der Waals surface area (Å²) in [5.41, 5.74) is 3.09. The molecule has 1 heterocycles. The maximum atomic E-state index is 4.73. The van der Waals surface area contributed by atoms with Crippen LogP contribution in [0.1, 0.15) is 77.0 Å². The molecule has 102 valence electrons. The molecule has 0 amide bonds.